The molecule has 2 N–H and O–H groups in total. The van der Waals surface area contributed by atoms with Crippen LogP contribution in [0.4, 0.5) is 5.69 Å². The second kappa shape index (κ2) is 6.15. The first kappa shape index (κ1) is 16.1. The lowest BCUT2D eigenvalue weighted by molar-refractivity contribution is 0.101. The van der Waals surface area contributed by atoms with Gasteiger partial charge >= 0.3 is 0 Å². The van der Waals surface area contributed by atoms with Crippen molar-refractivity contribution in [1.82, 2.24) is 19.7 Å². The Bertz CT molecular complexity index is 1120. The third-order valence-electron chi connectivity index (χ3n) is 4.30. The Kier molecular flexibility index (Phi) is 3.80. The van der Waals surface area contributed by atoms with Gasteiger partial charge < -0.3 is 10.3 Å². The van der Waals surface area contributed by atoms with Gasteiger partial charge in [-0.1, -0.05) is 18.2 Å². The minimum atomic E-state index is -0.201. The Morgan fingerprint density at radius 3 is 2.69 bits per heavy atom. The molecule has 6 nitrogen and oxygen atoms in total. The minimum absolute atomic E-state index is 0.201. The number of hydrogen-bond acceptors (Lipinski definition) is 3. The molecule has 0 radical (unpaired) electrons. The number of fused-ring (bicyclic) bond motifs is 1. The molecule has 2 aromatic heterocycles. The van der Waals surface area contributed by atoms with Crippen molar-refractivity contribution in [2.45, 2.75) is 13.8 Å². The summed E-state index contributed by atoms with van der Waals surface area (Å²) in [5.41, 5.74) is 5.90. The summed E-state index contributed by atoms with van der Waals surface area (Å²) in [4.78, 5) is 20.6. The van der Waals surface area contributed by atoms with Crippen LogP contribution in [0, 0.1) is 13.8 Å². The average Bonchev–Trinajstić information content (AvgIpc) is 3.17. The SMILES string of the molecule is Cc1ccc2nc(-c3ccccc3NC(=O)c3cc(C)nn3C)[nH]c2c1. The number of para-hydroxylation sites is 1. The molecule has 4 rings (SSSR count). The Labute approximate surface area is 150 Å². The van der Waals surface area contributed by atoms with Crippen LogP contribution in [0.15, 0.2) is 48.5 Å². The number of amides is 1. The van der Waals surface area contributed by atoms with Crippen LogP contribution in [-0.4, -0.2) is 25.7 Å². The lowest BCUT2D eigenvalue weighted by Gasteiger charge is -2.09. The van der Waals surface area contributed by atoms with E-state index in [4.69, 9.17) is 0 Å². The highest BCUT2D eigenvalue weighted by Gasteiger charge is 2.15. The number of aromatic amines is 1. The van der Waals surface area contributed by atoms with Crippen LogP contribution in [0.1, 0.15) is 21.7 Å². The van der Waals surface area contributed by atoms with Gasteiger partial charge in [0.05, 0.1) is 22.4 Å². The zero-order chi connectivity index (χ0) is 18.3. The van der Waals surface area contributed by atoms with Crippen molar-refractivity contribution in [2.24, 2.45) is 7.05 Å². The highest BCUT2D eigenvalue weighted by molar-refractivity contribution is 6.05. The molecule has 26 heavy (non-hydrogen) atoms. The van der Waals surface area contributed by atoms with E-state index in [9.17, 15) is 4.79 Å². The molecule has 0 bridgehead atoms. The zero-order valence-corrected chi connectivity index (χ0v) is 14.9. The van der Waals surface area contributed by atoms with Gasteiger partial charge in [-0.3, -0.25) is 9.48 Å². The molecule has 0 fully saturated rings. The van der Waals surface area contributed by atoms with E-state index in [0.717, 1.165) is 28.1 Å². The summed E-state index contributed by atoms with van der Waals surface area (Å²) < 4.78 is 1.58. The fraction of sp³-hybridized carbons (Fsp3) is 0.150. The van der Waals surface area contributed by atoms with Gasteiger partial charge in [0.2, 0.25) is 0 Å². The van der Waals surface area contributed by atoms with Crippen LogP contribution in [0.3, 0.4) is 0 Å². The Morgan fingerprint density at radius 1 is 1.12 bits per heavy atom. The quantitative estimate of drug-likeness (QED) is 0.592. The number of carbonyl (C=O) groups excluding carboxylic acids is 1. The summed E-state index contributed by atoms with van der Waals surface area (Å²) in [5, 5.41) is 7.20. The van der Waals surface area contributed by atoms with Gasteiger partial charge in [0.25, 0.3) is 5.91 Å². The van der Waals surface area contributed by atoms with Crippen molar-refractivity contribution in [3.63, 3.8) is 0 Å². The summed E-state index contributed by atoms with van der Waals surface area (Å²) in [6, 6.07) is 15.5. The van der Waals surface area contributed by atoms with Gasteiger partial charge in [-0.05, 0) is 49.7 Å². The Morgan fingerprint density at radius 2 is 1.92 bits per heavy atom. The second-order valence-electron chi connectivity index (χ2n) is 6.40. The number of hydrogen-bond donors (Lipinski definition) is 2. The van der Waals surface area contributed by atoms with E-state index >= 15 is 0 Å². The van der Waals surface area contributed by atoms with E-state index < -0.39 is 0 Å². The maximum atomic E-state index is 12.6. The predicted octanol–water partition coefficient (Wildman–Crippen LogP) is 3.83. The molecule has 130 valence electrons. The van der Waals surface area contributed by atoms with Gasteiger partial charge in [-0.15, -0.1) is 0 Å². The standard InChI is InChI=1S/C20H19N5O/c1-12-8-9-16-17(10-12)22-19(21-16)14-6-4-5-7-15(14)23-20(26)18-11-13(2)24-25(18)3/h4-11H,1-3H3,(H,21,22)(H,23,26). The van der Waals surface area contributed by atoms with E-state index in [1.165, 1.54) is 5.56 Å². The summed E-state index contributed by atoms with van der Waals surface area (Å²) >= 11 is 0. The number of aryl methyl sites for hydroxylation is 3. The molecular formula is C20H19N5O. The second-order valence-corrected chi connectivity index (χ2v) is 6.40. The number of aromatic nitrogens is 4. The summed E-state index contributed by atoms with van der Waals surface area (Å²) in [6.07, 6.45) is 0. The molecule has 0 aliphatic rings. The van der Waals surface area contributed by atoms with Crippen LogP contribution in [-0.2, 0) is 7.05 Å². The molecular weight excluding hydrogens is 326 g/mol. The molecule has 1 amide bonds. The molecule has 0 spiro atoms. The first-order valence-electron chi connectivity index (χ1n) is 8.39. The van der Waals surface area contributed by atoms with Crippen LogP contribution < -0.4 is 5.32 Å². The molecule has 2 heterocycles. The first-order chi connectivity index (χ1) is 12.5. The maximum Gasteiger partial charge on any atom is 0.273 e. The summed E-state index contributed by atoms with van der Waals surface area (Å²) in [5.74, 6) is 0.523. The lowest BCUT2D eigenvalue weighted by atomic mass is 10.1. The Hall–Kier alpha value is -3.41. The van der Waals surface area contributed by atoms with E-state index in [0.29, 0.717) is 11.4 Å². The van der Waals surface area contributed by atoms with Crippen molar-refractivity contribution in [1.29, 1.82) is 0 Å². The van der Waals surface area contributed by atoms with E-state index in [-0.39, 0.29) is 5.91 Å². The number of imidazole rings is 1. The van der Waals surface area contributed by atoms with Crippen molar-refractivity contribution >= 4 is 22.6 Å². The average molecular weight is 345 g/mol. The third-order valence-corrected chi connectivity index (χ3v) is 4.30. The van der Waals surface area contributed by atoms with Gasteiger partial charge in [0.15, 0.2) is 0 Å². The van der Waals surface area contributed by atoms with Crippen molar-refractivity contribution < 1.29 is 4.79 Å². The summed E-state index contributed by atoms with van der Waals surface area (Å²) in [7, 11) is 1.76. The van der Waals surface area contributed by atoms with Crippen LogP contribution in [0.2, 0.25) is 0 Å². The van der Waals surface area contributed by atoms with E-state index in [2.05, 4.69) is 26.4 Å². The highest BCUT2D eigenvalue weighted by atomic mass is 16.2. The molecule has 0 saturated carbocycles. The predicted molar refractivity (Wildman–Crippen MR) is 102 cm³/mol. The number of nitrogens with one attached hydrogen (secondary N) is 2. The first-order valence-corrected chi connectivity index (χ1v) is 8.39. The summed E-state index contributed by atoms with van der Waals surface area (Å²) in [6.45, 7) is 3.91. The number of carbonyl (C=O) groups is 1. The fourth-order valence-corrected chi connectivity index (χ4v) is 3.06. The monoisotopic (exact) mass is 345 g/mol. The van der Waals surface area contributed by atoms with Crippen molar-refractivity contribution in [2.75, 3.05) is 5.32 Å². The molecule has 0 atom stereocenters. The van der Waals surface area contributed by atoms with Crippen LogP contribution in [0.25, 0.3) is 22.4 Å². The highest BCUT2D eigenvalue weighted by Crippen LogP contribution is 2.28. The molecule has 0 unspecified atom stereocenters. The number of H-pyrrole nitrogens is 1. The maximum absolute atomic E-state index is 12.6. The zero-order valence-electron chi connectivity index (χ0n) is 14.9. The van der Waals surface area contributed by atoms with E-state index in [1.807, 2.05) is 50.2 Å². The number of rotatable bonds is 3. The van der Waals surface area contributed by atoms with E-state index in [1.54, 1.807) is 17.8 Å². The fourth-order valence-electron chi connectivity index (χ4n) is 3.06. The van der Waals surface area contributed by atoms with Gasteiger partial charge in [0, 0.05) is 12.6 Å². The largest absolute Gasteiger partial charge is 0.338 e. The van der Waals surface area contributed by atoms with Crippen LogP contribution >= 0.6 is 0 Å². The topological polar surface area (TPSA) is 75.6 Å². The third kappa shape index (κ3) is 2.86. The van der Waals surface area contributed by atoms with Crippen LogP contribution in [0.5, 0.6) is 0 Å². The lowest BCUT2D eigenvalue weighted by Crippen LogP contribution is -2.16. The molecule has 0 saturated heterocycles. The smallest absolute Gasteiger partial charge is 0.273 e. The van der Waals surface area contributed by atoms with Gasteiger partial charge in [0.1, 0.15) is 11.5 Å². The van der Waals surface area contributed by atoms with Crippen molar-refractivity contribution in [3.8, 4) is 11.4 Å². The molecule has 2 aromatic carbocycles. The molecule has 0 aliphatic heterocycles. The number of benzene rings is 2. The minimum Gasteiger partial charge on any atom is -0.338 e. The number of anilines is 1. The molecule has 6 heteroatoms. The number of nitrogens with zero attached hydrogens (tertiary/aromatic N) is 3. The molecule has 4 aromatic rings. The van der Waals surface area contributed by atoms with Gasteiger partial charge in [-0.2, -0.15) is 5.10 Å². The Balaban J connectivity index is 1.72. The normalized spacial score (nSPS) is 11.0. The molecule has 0 aliphatic carbocycles. The van der Waals surface area contributed by atoms with Crippen molar-refractivity contribution in [3.05, 3.63) is 65.5 Å². The van der Waals surface area contributed by atoms with Gasteiger partial charge in [-0.25, -0.2) is 4.98 Å².